The third-order valence-electron chi connectivity index (χ3n) is 4.28. The summed E-state index contributed by atoms with van der Waals surface area (Å²) in [4.78, 5) is 13.2. The maximum Gasteiger partial charge on any atom is 0.226 e. The normalized spacial score (nSPS) is 10.9. The zero-order chi connectivity index (χ0) is 17.5. The number of para-hydroxylation sites is 1. The molecule has 0 N–H and O–H groups in total. The number of rotatable bonds is 2. The fourth-order valence-electron chi connectivity index (χ4n) is 3.06. The average Bonchev–Trinajstić information content (AvgIpc) is 3.06. The van der Waals surface area contributed by atoms with Crippen molar-refractivity contribution in [1.29, 1.82) is 0 Å². The smallest absolute Gasteiger partial charge is 0.226 e. The minimum Gasteiger partial charge on any atom is -0.456 e. The van der Waals surface area contributed by atoms with Gasteiger partial charge < -0.3 is 4.42 Å². The minimum atomic E-state index is 0. The van der Waals surface area contributed by atoms with E-state index in [2.05, 4.69) is 15.0 Å². The van der Waals surface area contributed by atoms with Crippen LogP contribution >= 0.6 is 11.6 Å². The topological polar surface area (TPSA) is 51.8 Å². The molecule has 0 bridgehead atoms. The molecule has 2 aromatic heterocycles. The molecule has 0 atom stereocenters. The Labute approximate surface area is 162 Å². The van der Waals surface area contributed by atoms with Crippen LogP contribution in [0.25, 0.3) is 44.7 Å². The van der Waals surface area contributed by atoms with E-state index in [1.807, 2.05) is 72.8 Å². The van der Waals surface area contributed by atoms with Gasteiger partial charge in [0.1, 0.15) is 11.2 Å². The highest BCUT2D eigenvalue weighted by Crippen LogP contribution is 2.32. The Bertz CT molecular complexity index is 1250. The molecule has 0 spiro atoms. The number of nitrogens with zero attached hydrogens (tertiary/aromatic N) is 3. The number of aromatic nitrogens is 3. The third-order valence-corrected chi connectivity index (χ3v) is 4.44. The van der Waals surface area contributed by atoms with E-state index in [1.54, 1.807) is 0 Å². The molecule has 0 aliphatic rings. The van der Waals surface area contributed by atoms with Gasteiger partial charge in [-0.3, -0.25) is 0 Å². The van der Waals surface area contributed by atoms with Crippen LogP contribution in [0.15, 0.2) is 77.2 Å². The van der Waals surface area contributed by atoms with Crippen LogP contribution < -0.4 is 0 Å². The largest absolute Gasteiger partial charge is 0.456 e. The molecule has 0 amide bonds. The van der Waals surface area contributed by atoms with Crippen molar-refractivity contribution in [1.82, 2.24) is 15.0 Å². The lowest BCUT2D eigenvalue weighted by Gasteiger charge is -2.05. The molecular formula is C21H12BClN3O. The number of hydrogen-bond acceptors (Lipinski definition) is 4. The summed E-state index contributed by atoms with van der Waals surface area (Å²) >= 11 is 6.16. The van der Waals surface area contributed by atoms with E-state index < -0.39 is 0 Å². The molecule has 127 valence electrons. The van der Waals surface area contributed by atoms with Crippen molar-refractivity contribution in [3.8, 4) is 22.8 Å². The van der Waals surface area contributed by atoms with Crippen LogP contribution in [-0.2, 0) is 0 Å². The second kappa shape index (κ2) is 6.85. The monoisotopic (exact) mass is 368 g/mol. The molecule has 0 saturated carbocycles. The molecule has 0 aliphatic carbocycles. The molecular weight excluding hydrogens is 357 g/mol. The first-order valence-corrected chi connectivity index (χ1v) is 8.54. The molecule has 3 aromatic carbocycles. The van der Waals surface area contributed by atoms with Crippen LogP contribution in [0.5, 0.6) is 0 Å². The summed E-state index contributed by atoms with van der Waals surface area (Å²) in [5.74, 6) is 1.09. The van der Waals surface area contributed by atoms with E-state index in [9.17, 15) is 0 Å². The third kappa shape index (κ3) is 3.07. The van der Waals surface area contributed by atoms with Crippen LogP contribution in [0.1, 0.15) is 0 Å². The number of fused-ring (bicyclic) bond motifs is 3. The maximum atomic E-state index is 6.16. The SMILES string of the molecule is Clc1nc(-c2ccccc2)nc(-c2ccc3oc4ccccc4c3c2)n1.[B]. The lowest BCUT2D eigenvalue weighted by molar-refractivity contribution is 0.669. The second-order valence-electron chi connectivity index (χ2n) is 5.93. The van der Waals surface area contributed by atoms with Gasteiger partial charge in [0.05, 0.1) is 0 Å². The van der Waals surface area contributed by atoms with E-state index in [0.29, 0.717) is 11.6 Å². The van der Waals surface area contributed by atoms with Crippen molar-refractivity contribution in [3.05, 3.63) is 78.1 Å². The quantitative estimate of drug-likeness (QED) is 0.393. The number of halogens is 1. The van der Waals surface area contributed by atoms with Crippen LogP contribution in [0, 0.1) is 0 Å². The van der Waals surface area contributed by atoms with Crippen LogP contribution in [0.4, 0.5) is 0 Å². The van der Waals surface area contributed by atoms with Gasteiger partial charge >= 0.3 is 0 Å². The van der Waals surface area contributed by atoms with Crippen molar-refractivity contribution in [2.24, 2.45) is 0 Å². The molecule has 3 radical (unpaired) electrons. The molecule has 0 fully saturated rings. The first-order valence-electron chi connectivity index (χ1n) is 8.16. The Kier molecular flexibility index (Phi) is 4.38. The van der Waals surface area contributed by atoms with Crippen molar-refractivity contribution < 1.29 is 4.42 Å². The minimum absolute atomic E-state index is 0. The van der Waals surface area contributed by atoms with Gasteiger partial charge in [0, 0.05) is 30.3 Å². The van der Waals surface area contributed by atoms with Crippen molar-refractivity contribution in [3.63, 3.8) is 0 Å². The van der Waals surface area contributed by atoms with Crippen molar-refractivity contribution >= 4 is 42.0 Å². The van der Waals surface area contributed by atoms with Crippen LogP contribution in [-0.4, -0.2) is 23.4 Å². The highest BCUT2D eigenvalue weighted by molar-refractivity contribution is 6.28. The molecule has 0 unspecified atom stereocenters. The highest BCUT2D eigenvalue weighted by Gasteiger charge is 2.12. The fourth-order valence-corrected chi connectivity index (χ4v) is 3.22. The summed E-state index contributed by atoms with van der Waals surface area (Å²) in [7, 11) is 0. The molecule has 0 saturated heterocycles. The Balaban J connectivity index is 0.00000180. The summed E-state index contributed by atoms with van der Waals surface area (Å²) < 4.78 is 5.88. The molecule has 0 aliphatic heterocycles. The lowest BCUT2D eigenvalue weighted by Crippen LogP contribution is -1.97. The summed E-state index contributed by atoms with van der Waals surface area (Å²) in [5.41, 5.74) is 3.45. The summed E-state index contributed by atoms with van der Waals surface area (Å²) in [6, 6.07) is 23.6. The standard InChI is InChI=1S/C21H12ClN3O.B/c22-21-24-19(13-6-2-1-3-7-13)23-20(25-21)14-10-11-18-16(12-14)15-8-4-5-9-17(15)26-18;/h1-12H;. The first kappa shape index (κ1) is 17.2. The number of hydrogen-bond donors (Lipinski definition) is 0. The van der Waals surface area contributed by atoms with E-state index in [0.717, 1.165) is 33.1 Å². The summed E-state index contributed by atoms with van der Waals surface area (Å²) in [6.07, 6.45) is 0. The van der Waals surface area contributed by atoms with Gasteiger partial charge in [-0.1, -0.05) is 48.5 Å². The van der Waals surface area contributed by atoms with Crippen LogP contribution in [0.3, 0.4) is 0 Å². The molecule has 4 nitrogen and oxygen atoms in total. The van der Waals surface area contributed by atoms with E-state index in [-0.39, 0.29) is 13.7 Å². The molecule has 5 rings (SSSR count). The van der Waals surface area contributed by atoms with Crippen molar-refractivity contribution in [2.45, 2.75) is 0 Å². The molecule has 27 heavy (non-hydrogen) atoms. The molecule has 2 heterocycles. The van der Waals surface area contributed by atoms with Gasteiger partial charge in [-0.15, -0.1) is 0 Å². The van der Waals surface area contributed by atoms with Gasteiger partial charge in [0.25, 0.3) is 0 Å². The zero-order valence-corrected chi connectivity index (χ0v) is 14.9. The number of benzene rings is 3. The van der Waals surface area contributed by atoms with Gasteiger partial charge in [-0.25, -0.2) is 4.98 Å². The van der Waals surface area contributed by atoms with E-state index in [1.165, 1.54) is 0 Å². The Morgan fingerprint density at radius 3 is 2.11 bits per heavy atom. The van der Waals surface area contributed by atoms with Gasteiger partial charge in [-0.05, 0) is 35.9 Å². The first-order chi connectivity index (χ1) is 12.8. The summed E-state index contributed by atoms with van der Waals surface area (Å²) in [5, 5.41) is 2.26. The van der Waals surface area contributed by atoms with Gasteiger partial charge in [0.2, 0.25) is 5.28 Å². The highest BCUT2D eigenvalue weighted by atomic mass is 35.5. The Morgan fingerprint density at radius 2 is 1.30 bits per heavy atom. The zero-order valence-electron chi connectivity index (χ0n) is 14.1. The van der Waals surface area contributed by atoms with Crippen molar-refractivity contribution in [2.75, 3.05) is 0 Å². The van der Waals surface area contributed by atoms with Gasteiger partial charge in [0.15, 0.2) is 11.6 Å². The summed E-state index contributed by atoms with van der Waals surface area (Å²) in [6.45, 7) is 0. The predicted octanol–water partition coefficient (Wildman–Crippen LogP) is 5.38. The average molecular weight is 369 g/mol. The van der Waals surface area contributed by atoms with E-state index in [4.69, 9.17) is 16.0 Å². The molecule has 5 aromatic rings. The molecule has 6 heteroatoms. The second-order valence-corrected chi connectivity index (χ2v) is 6.26. The van der Waals surface area contributed by atoms with E-state index >= 15 is 0 Å². The number of furan rings is 1. The Hall–Kier alpha value is -3.18. The predicted molar refractivity (Wildman–Crippen MR) is 109 cm³/mol. The van der Waals surface area contributed by atoms with Crippen LogP contribution in [0.2, 0.25) is 5.28 Å². The fraction of sp³-hybridized carbons (Fsp3) is 0. The maximum absolute atomic E-state index is 6.16. The van der Waals surface area contributed by atoms with Gasteiger partial charge in [-0.2, -0.15) is 9.97 Å². The Morgan fingerprint density at radius 1 is 0.630 bits per heavy atom. The lowest BCUT2D eigenvalue weighted by atomic mass is 10.1.